The first-order valence-corrected chi connectivity index (χ1v) is 4.63. The Morgan fingerprint density at radius 2 is 1.86 bits per heavy atom. The summed E-state index contributed by atoms with van der Waals surface area (Å²) in [6.07, 6.45) is 0.262. The van der Waals surface area contributed by atoms with Gasteiger partial charge in [-0.3, -0.25) is 4.79 Å². The Bertz CT molecular complexity index is 341. The van der Waals surface area contributed by atoms with Crippen molar-refractivity contribution in [2.24, 2.45) is 5.41 Å². The second kappa shape index (κ2) is 3.10. The third kappa shape index (κ3) is 1.30. The Hall–Kier alpha value is -1.35. The molecule has 3 heteroatoms. The van der Waals surface area contributed by atoms with Gasteiger partial charge in [0.25, 0.3) is 0 Å². The summed E-state index contributed by atoms with van der Waals surface area (Å²) in [7, 11) is 0. The van der Waals surface area contributed by atoms with Crippen LogP contribution in [0.25, 0.3) is 0 Å². The van der Waals surface area contributed by atoms with Crippen LogP contribution in [0.15, 0.2) is 30.3 Å². The molecule has 0 spiro atoms. The predicted molar refractivity (Wildman–Crippen MR) is 50.7 cm³/mol. The van der Waals surface area contributed by atoms with E-state index >= 15 is 0 Å². The summed E-state index contributed by atoms with van der Waals surface area (Å²) in [5.41, 5.74) is -0.228. The maximum atomic E-state index is 10.9. The van der Waals surface area contributed by atoms with Crippen LogP contribution in [0.5, 0.6) is 0 Å². The van der Waals surface area contributed by atoms with Gasteiger partial charge in [-0.05, 0) is 18.4 Å². The Kier molecular flexibility index (Phi) is 2.04. The monoisotopic (exact) mass is 192 g/mol. The summed E-state index contributed by atoms with van der Waals surface area (Å²) in [6, 6.07) is 8.96. The van der Waals surface area contributed by atoms with Crippen molar-refractivity contribution in [3.05, 3.63) is 35.9 Å². The highest BCUT2D eigenvalue weighted by atomic mass is 16.4. The molecule has 0 bridgehead atoms. The molecule has 0 radical (unpaired) electrons. The van der Waals surface area contributed by atoms with Gasteiger partial charge in [0, 0.05) is 0 Å². The highest BCUT2D eigenvalue weighted by molar-refractivity contribution is 5.78. The number of aliphatic hydroxyl groups excluding tert-OH is 1. The van der Waals surface area contributed by atoms with Gasteiger partial charge in [-0.25, -0.2) is 0 Å². The second-order valence-electron chi connectivity index (χ2n) is 3.77. The molecule has 1 saturated carbocycles. The largest absolute Gasteiger partial charge is 0.481 e. The molecule has 3 nitrogen and oxygen atoms in total. The molecule has 0 heterocycles. The van der Waals surface area contributed by atoms with Gasteiger partial charge in [-0.1, -0.05) is 30.3 Å². The highest BCUT2D eigenvalue weighted by Crippen LogP contribution is 2.55. The molecule has 74 valence electrons. The minimum atomic E-state index is -0.915. The van der Waals surface area contributed by atoms with Gasteiger partial charge >= 0.3 is 5.97 Å². The number of carbonyl (C=O) groups is 1. The average Bonchev–Trinajstić information content (AvgIpc) is 2.99. The highest BCUT2D eigenvalue weighted by Gasteiger charge is 2.56. The van der Waals surface area contributed by atoms with Gasteiger partial charge in [0.1, 0.15) is 0 Å². The number of rotatable bonds is 3. The molecular weight excluding hydrogens is 180 g/mol. The van der Waals surface area contributed by atoms with Crippen LogP contribution < -0.4 is 0 Å². The third-order valence-electron chi connectivity index (χ3n) is 2.85. The van der Waals surface area contributed by atoms with Crippen LogP contribution in [0.4, 0.5) is 0 Å². The first-order chi connectivity index (χ1) is 6.67. The van der Waals surface area contributed by atoms with Crippen molar-refractivity contribution in [1.29, 1.82) is 0 Å². The molecule has 0 amide bonds. The minimum absolute atomic E-state index is 0.568. The number of hydrogen-bond acceptors (Lipinski definition) is 2. The molecule has 0 unspecified atom stereocenters. The molecule has 1 aromatic rings. The standard InChI is InChI=1S/C11H12O3/c12-9(8-4-2-1-3-5-8)11(6-7-11)10(13)14/h1-5,9,12H,6-7H2,(H,13,14)/t9-/m0/s1. The van der Waals surface area contributed by atoms with Crippen LogP contribution in [0.1, 0.15) is 24.5 Å². The lowest BCUT2D eigenvalue weighted by Crippen LogP contribution is -2.23. The molecule has 0 aliphatic heterocycles. The molecular formula is C11H12O3. The molecule has 1 aromatic carbocycles. The van der Waals surface area contributed by atoms with Crippen molar-refractivity contribution in [3.8, 4) is 0 Å². The number of aliphatic hydroxyl groups is 1. The minimum Gasteiger partial charge on any atom is -0.481 e. The summed E-state index contributed by atoms with van der Waals surface area (Å²) in [5.74, 6) is -0.895. The van der Waals surface area contributed by atoms with Crippen LogP contribution in [-0.2, 0) is 4.79 Å². The van der Waals surface area contributed by atoms with Gasteiger partial charge in [0.05, 0.1) is 11.5 Å². The molecule has 0 aromatic heterocycles. The quantitative estimate of drug-likeness (QED) is 0.764. The summed E-state index contributed by atoms with van der Waals surface area (Å²) < 4.78 is 0. The van der Waals surface area contributed by atoms with Crippen molar-refractivity contribution < 1.29 is 15.0 Å². The SMILES string of the molecule is O=C(O)C1([C@@H](O)c2ccccc2)CC1. The van der Waals surface area contributed by atoms with Gasteiger partial charge in [-0.15, -0.1) is 0 Å². The zero-order chi connectivity index (χ0) is 10.2. The number of benzene rings is 1. The maximum absolute atomic E-state index is 10.9. The van der Waals surface area contributed by atoms with E-state index in [9.17, 15) is 9.90 Å². The summed E-state index contributed by atoms with van der Waals surface area (Å²) in [4.78, 5) is 10.9. The number of carboxylic acids is 1. The van der Waals surface area contributed by atoms with E-state index in [2.05, 4.69) is 0 Å². The fourth-order valence-corrected chi connectivity index (χ4v) is 1.69. The van der Waals surface area contributed by atoms with E-state index in [0.29, 0.717) is 18.4 Å². The molecule has 1 aliphatic rings. The lowest BCUT2D eigenvalue weighted by molar-refractivity contribution is -0.148. The van der Waals surface area contributed by atoms with E-state index in [1.54, 1.807) is 24.3 Å². The number of aliphatic carboxylic acids is 1. The van der Waals surface area contributed by atoms with Crippen molar-refractivity contribution in [2.45, 2.75) is 18.9 Å². The average molecular weight is 192 g/mol. The zero-order valence-corrected chi connectivity index (χ0v) is 7.68. The third-order valence-corrected chi connectivity index (χ3v) is 2.85. The molecule has 1 aliphatic carbocycles. The predicted octanol–water partition coefficient (Wildman–Crippen LogP) is 1.58. The summed E-state index contributed by atoms with van der Waals surface area (Å²) >= 11 is 0. The van der Waals surface area contributed by atoms with Crippen LogP contribution >= 0.6 is 0 Å². The maximum Gasteiger partial charge on any atom is 0.312 e. The van der Waals surface area contributed by atoms with Gasteiger partial charge in [0.2, 0.25) is 0 Å². The Morgan fingerprint density at radius 1 is 1.29 bits per heavy atom. The van der Waals surface area contributed by atoms with Crippen LogP contribution in [-0.4, -0.2) is 16.2 Å². The molecule has 1 atom stereocenters. The number of hydrogen-bond donors (Lipinski definition) is 2. The fraction of sp³-hybridized carbons (Fsp3) is 0.364. The summed E-state index contributed by atoms with van der Waals surface area (Å²) in [6.45, 7) is 0. The van der Waals surface area contributed by atoms with Crippen LogP contribution in [0.3, 0.4) is 0 Å². The van der Waals surface area contributed by atoms with Crippen molar-refractivity contribution >= 4 is 5.97 Å². The van der Waals surface area contributed by atoms with Crippen molar-refractivity contribution in [2.75, 3.05) is 0 Å². The first kappa shape index (κ1) is 9.21. The van der Waals surface area contributed by atoms with E-state index in [4.69, 9.17) is 5.11 Å². The summed E-state index contributed by atoms with van der Waals surface area (Å²) in [5, 5.41) is 18.9. The fourth-order valence-electron chi connectivity index (χ4n) is 1.69. The molecule has 0 saturated heterocycles. The first-order valence-electron chi connectivity index (χ1n) is 4.63. The van der Waals surface area contributed by atoms with Gasteiger partial charge in [-0.2, -0.15) is 0 Å². The van der Waals surface area contributed by atoms with Crippen molar-refractivity contribution in [3.63, 3.8) is 0 Å². The van der Waals surface area contributed by atoms with Crippen LogP contribution in [0.2, 0.25) is 0 Å². The molecule has 2 N–H and O–H groups in total. The van der Waals surface area contributed by atoms with Gasteiger partial charge in [0.15, 0.2) is 0 Å². The smallest absolute Gasteiger partial charge is 0.312 e. The van der Waals surface area contributed by atoms with Gasteiger partial charge < -0.3 is 10.2 Å². The van der Waals surface area contributed by atoms with E-state index in [1.165, 1.54) is 0 Å². The Labute approximate surface area is 82.0 Å². The molecule has 2 rings (SSSR count). The lowest BCUT2D eigenvalue weighted by atomic mass is 9.93. The van der Waals surface area contributed by atoms with E-state index < -0.39 is 17.5 Å². The Balaban J connectivity index is 2.25. The normalized spacial score (nSPS) is 20.1. The molecule has 14 heavy (non-hydrogen) atoms. The zero-order valence-electron chi connectivity index (χ0n) is 7.68. The topological polar surface area (TPSA) is 57.5 Å². The van der Waals surface area contributed by atoms with E-state index in [1.807, 2.05) is 6.07 Å². The number of carboxylic acid groups (broad SMARTS) is 1. The lowest BCUT2D eigenvalue weighted by Gasteiger charge is -2.17. The van der Waals surface area contributed by atoms with E-state index in [0.717, 1.165) is 0 Å². The van der Waals surface area contributed by atoms with E-state index in [-0.39, 0.29) is 0 Å². The van der Waals surface area contributed by atoms with Crippen LogP contribution in [0, 0.1) is 5.41 Å². The molecule has 1 fully saturated rings. The second-order valence-corrected chi connectivity index (χ2v) is 3.77. The Morgan fingerprint density at radius 3 is 2.29 bits per heavy atom. The van der Waals surface area contributed by atoms with Crippen molar-refractivity contribution in [1.82, 2.24) is 0 Å².